The van der Waals surface area contributed by atoms with E-state index in [0.717, 1.165) is 37.4 Å². The zero-order valence-electron chi connectivity index (χ0n) is 17.2. The van der Waals surface area contributed by atoms with E-state index in [1.165, 1.54) is 24.3 Å². The van der Waals surface area contributed by atoms with Crippen LogP contribution in [0.3, 0.4) is 0 Å². The number of hydrogen-bond donors (Lipinski definition) is 2. The molecule has 1 aromatic heterocycles. The van der Waals surface area contributed by atoms with E-state index in [9.17, 15) is 9.18 Å². The number of halogens is 1. The summed E-state index contributed by atoms with van der Waals surface area (Å²) < 4.78 is 18.4. The molecule has 0 bridgehead atoms. The molecule has 2 heterocycles. The van der Waals surface area contributed by atoms with Gasteiger partial charge in [-0.15, -0.1) is 0 Å². The van der Waals surface area contributed by atoms with Gasteiger partial charge in [0.1, 0.15) is 17.4 Å². The Kier molecular flexibility index (Phi) is 6.26. The fourth-order valence-corrected chi connectivity index (χ4v) is 3.55. The molecule has 1 aliphatic rings. The van der Waals surface area contributed by atoms with Gasteiger partial charge in [-0.2, -0.15) is 4.98 Å². The Morgan fingerprint density at radius 1 is 1.10 bits per heavy atom. The van der Waals surface area contributed by atoms with E-state index < -0.39 is 0 Å². The fourth-order valence-electron chi connectivity index (χ4n) is 3.55. The second-order valence-corrected chi connectivity index (χ2v) is 7.31. The average Bonchev–Trinajstić information content (AvgIpc) is 2.80. The van der Waals surface area contributed by atoms with Crippen molar-refractivity contribution >= 4 is 23.4 Å². The van der Waals surface area contributed by atoms with Gasteiger partial charge in [-0.1, -0.05) is 12.1 Å². The first kappa shape index (κ1) is 20.6. The molecular formula is C23H24FN5O2. The molecule has 0 unspecified atom stereocenters. The lowest BCUT2D eigenvalue weighted by Gasteiger charge is -2.32. The number of para-hydroxylation sites is 2. The van der Waals surface area contributed by atoms with E-state index >= 15 is 0 Å². The normalized spacial score (nSPS) is 14.2. The zero-order chi connectivity index (χ0) is 21.6. The summed E-state index contributed by atoms with van der Waals surface area (Å²) in [6.45, 7) is 1.46. The van der Waals surface area contributed by atoms with Gasteiger partial charge < -0.3 is 20.3 Å². The molecule has 31 heavy (non-hydrogen) atoms. The summed E-state index contributed by atoms with van der Waals surface area (Å²) in [7, 11) is 1.63. The number of methoxy groups -OCH3 is 1. The van der Waals surface area contributed by atoms with Crippen LogP contribution in [0.5, 0.6) is 5.75 Å². The first-order valence-electron chi connectivity index (χ1n) is 10.2. The van der Waals surface area contributed by atoms with Crippen LogP contribution in [-0.4, -0.2) is 42.1 Å². The Balaban J connectivity index is 1.35. The summed E-state index contributed by atoms with van der Waals surface area (Å²) in [5.41, 5.74) is 1.29. The molecule has 4 rings (SSSR count). The first-order valence-corrected chi connectivity index (χ1v) is 10.2. The van der Waals surface area contributed by atoms with Crippen molar-refractivity contribution in [3.05, 3.63) is 72.2 Å². The highest BCUT2D eigenvalue weighted by atomic mass is 19.1. The number of rotatable bonds is 6. The summed E-state index contributed by atoms with van der Waals surface area (Å²) in [6.07, 6.45) is 3.28. The molecule has 0 atom stereocenters. The Hall–Kier alpha value is -3.68. The van der Waals surface area contributed by atoms with Crippen molar-refractivity contribution in [2.75, 3.05) is 30.4 Å². The lowest BCUT2D eigenvalue weighted by Crippen LogP contribution is -2.45. The smallest absolute Gasteiger partial charge is 0.251 e. The molecule has 1 aliphatic heterocycles. The topological polar surface area (TPSA) is 79.4 Å². The number of hydrogen-bond acceptors (Lipinski definition) is 6. The van der Waals surface area contributed by atoms with Crippen molar-refractivity contribution < 1.29 is 13.9 Å². The van der Waals surface area contributed by atoms with Crippen LogP contribution in [0.15, 0.2) is 60.8 Å². The maximum absolute atomic E-state index is 13.0. The number of aromatic nitrogens is 2. The molecule has 8 heteroatoms. The Morgan fingerprint density at radius 3 is 2.58 bits per heavy atom. The van der Waals surface area contributed by atoms with E-state index in [2.05, 4.69) is 25.5 Å². The highest BCUT2D eigenvalue weighted by molar-refractivity contribution is 5.94. The molecule has 0 spiro atoms. The molecule has 0 radical (unpaired) electrons. The molecule has 1 saturated heterocycles. The molecular weight excluding hydrogens is 397 g/mol. The summed E-state index contributed by atoms with van der Waals surface area (Å²) in [5.74, 6) is 1.52. The van der Waals surface area contributed by atoms with Gasteiger partial charge in [0.15, 0.2) is 0 Å². The third-order valence-electron chi connectivity index (χ3n) is 5.23. The van der Waals surface area contributed by atoms with E-state index in [1.54, 1.807) is 13.3 Å². The summed E-state index contributed by atoms with van der Waals surface area (Å²) >= 11 is 0. The van der Waals surface area contributed by atoms with Crippen molar-refractivity contribution in [2.45, 2.75) is 18.9 Å². The van der Waals surface area contributed by atoms with E-state index in [4.69, 9.17) is 4.74 Å². The third kappa shape index (κ3) is 5.09. The average molecular weight is 421 g/mol. The molecule has 2 N–H and O–H groups in total. The van der Waals surface area contributed by atoms with Gasteiger partial charge in [-0.3, -0.25) is 4.79 Å². The minimum atomic E-state index is -0.354. The maximum Gasteiger partial charge on any atom is 0.251 e. The molecule has 0 saturated carbocycles. The number of anilines is 3. The number of benzene rings is 2. The van der Waals surface area contributed by atoms with Gasteiger partial charge in [0.2, 0.25) is 5.95 Å². The van der Waals surface area contributed by atoms with Gasteiger partial charge >= 0.3 is 0 Å². The van der Waals surface area contributed by atoms with Gasteiger partial charge in [-0.25, -0.2) is 9.37 Å². The monoisotopic (exact) mass is 421 g/mol. The van der Waals surface area contributed by atoms with Gasteiger partial charge in [0.25, 0.3) is 5.91 Å². The van der Waals surface area contributed by atoms with Crippen LogP contribution in [-0.2, 0) is 0 Å². The lowest BCUT2D eigenvalue weighted by molar-refractivity contribution is 0.0931. The van der Waals surface area contributed by atoms with Crippen LogP contribution < -0.4 is 20.3 Å². The van der Waals surface area contributed by atoms with Crippen molar-refractivity contribution in [1.29, 1.82) is 0 Å². The largest absolute Gasteiger partial charge is 0.495 e. The van der Waals surface area contributed by atoms with Gasteiger partial charge in [0.05, 0.1) is 12.8 Å². The second kappa shape index (κ2) is 9.42. The predicted molar refractivity (Wildman–Crippen MR) is 117 cm³/mol. The van der Waals surface area contributed by atoms with Crippen LogP contribution in [0.25, 0.3) is 0 Å². The Morgan fingerprint density at radius 2 is 1.84 bits per heavy atom. The molecule has 2 aromatic carbocycles. The van der Waals surface area contributed by atoms with E-state index in [-0.39, 0.29) is 17.8 Å². The van der Waals surface area contributed by atoms with Crippen LogP contribution >= 0.6 is 0 Å². The molecule has 160 valence electrons. The van der Waals surface area contributed by atoms with Gasteiger partial charge in [-0.05, 0) is 55.3 Å². The number of piperidine rings is 1. The highest BCUT2D eigenvalue weighted by Gasteiger charge is 2.23. The summed E-state index contributed by atoms with van der Waals surface area (Å²) in [4.78, 5) is 23.5. The summed E-state index contributed by atoms with van der Waals surface area (Å²) in [6, 6.07) is 15.1. The van der Waals surface area contributed by atoms with Crippen molar-refractivity contribution in [2.24, 2.45) is 0 Å². The minimum absolute atomic E-state index is 0.0590. The van der Waals surface area contributed by atoms with Crippen LogP contribution in [0.1, 0.15) is 23.2 Å². The quantitative estimate of drug-likeness (QED) is 0.631. The molecule has 3 aromatic rings. The Labute approximate surface area is 180 Å². The van der Waals surface area contributed by atoms with E-state index in [1.807, 2.05) is 30.3 Å². The van der Waals surface area contributed by atoms with E-state index in [0.29, 0.717) is 17.3 Å². The standard InChI is InChI=1S/C23H24FN5O2/c1-31-20-5-3-2-4-19(20)27-21-10-13-25-23(28-21)29-14-11-18(12-15-29)26-22(30)16-6-8-17(24)9-7-16/h2-10,13,18H,11-12,14-15H2,1H3,(H,26,30)(H,25,27,28). The van der Waals surface area contributed by atoms with Crippen LogP contribution in [0.2, 0.25) is 0 Å². The second-order valence-electron chi connectivity index (χ2n) is 7.31. The number of amides is 1. The molecule has 1 fully saturated rings. The number of carbonyl (C=O) groups excluding carboxylic acids is 1. The fraction of sp³-hybridized carbons (Fsp3) is 0.261. The van der Waals surface area contributed by atoms with Gasteiger partial charge in [0, 0.05) is 30.9 Å². The number of nitrogens with zero attached hydrogens (tertiary/aromatic N) is 3. The van der Waals surface area contributed by atoms with Crippen LogP contribution in [0, 0.1) is 5.82 Å². The third-order valence-corrected chi connectivity index (χ3v) is 5.23. The maximum atomic E-state index is 13.0. The predicted octanol–water partition coefficient (Wildman–Crippen LogP) is 3.77. The summed E-state index contributed by atoms with van der Waals surface area (Å²) in [5, 5.41) is 6.30. The SMILES string of the molecule is COc1ccccc1Nc1ccnc(N2CCC(NC(=O)c3ccc(F)cc3)CC2)n1. The number of carbonyl (C=O) groups is 1. The molecule has 0 aliphatic carbocycles. The first-order chi connectivity index (χ1) is 15.1. The van der Waals surface area contributed by atoms with Crippen molar-refractivity contribution in [1.82, 2.24) is 15.3 Å². The highest BCUT2D eigenvalue weighted by Crippen LogP contribution is 2.27. The van der Waals surface area contributed by atoms with Crippen LogP contribution in [0.4, 0.5) is 21.8 Å². The van der Waals surface area contributed by atoms with Crippen molar-refractivity contribution in [3.8, 4) is 5.75 Å². The molecule has 7 nitrogen and oxygen atoms in total. The van der Waals surface area contributed by atoms with Crippen molar-refractivity contribution in [3.63, 3.8) is 0 Å². The lowest BCUT2D eigenvalue weighted by atomic mass is 10.0. The zero-order valence-corrected chi connectivity index (χ0v) is 17.2. The number of nitrogens with one attached hydrogen (secondary N) is 2. The molecule has 1 amide bonds. The number of ether oxygens (including phenoxy) is 1. The minimum Gasteiger partial charge on any atom is -0.495 e. The Bertz CT molecular complexity index is 1040.